The Bertz CT molecular complexity index is 1880. The molecule has 4 heterocycles. The van der Waals surface area contributed by atoms with Crippen LogP contribution in [0.4, 0.5) is 0 Å². The second-order valence-electron chi connectivity index (χ2n) is 8.93. The summed E-state index contributed by atoms with van der Waals surface area (Å²) < 4.78 is 18.7. The van der Waals surface area contributed by atoms with Gasteiger partial charge in [0.15, 0.2) is 17.6 Å². The summed E-state index contributed by atoms with van der Waals surface area (Å²) in [4.78, 5) is 35.1. The van der Waals surface area contributed by atoms with E-state index in [0.717, 1.165) is 16.3 Å². The highest BCUT2D eigenvalue weighted by atomic mass is 16.5. The van der Waals surface area contributed by atoms with Gasteiger partial charge in [-0.05, 0) is 61.0 Å². The molecule has 4 aromatic heterocycles. The highest BCUT2D eigenvalue weighted by Gasteiger charge is 2.23. The second kappa shape index (κ2) is 9.19. The van der Waals surface area contributed by atoms with E-state index in [2.05, 4.69) is 15.3 Å². The Morgan fingerprint density at radius 1 is 0.974 bits per heavy atom. The van der Waals surface area contributed by atoms with Gasteiger partial charge in [-0.15, -0.1) is 0 Å². The number of benzene rings is 2. The molecule has 1 amide bonds. The van der Waals surface area contributed by atoms with E-state index in [-0.39, 0.29) is 11.5 Å². The van der Waals surface area contributed by atoms with Gasteiger partial charge < -0.3 is 19.5 Å². The van der Waals surface area contributed by atoms with Crippen molar-refractivity contribution in [1.82, 2.24) is 19.7 Å². The molecular formula is C29H24N4O5. The van der Waals surface area contributed by atoms with Crippen molar-refractivity contribution in [3.8, 4) is 17.2 Å². The molecule has 6 aromatic rings. The zero-order valence-electron chi connectivity index (χ0n) is 21.0. The van der Waals surface area contributed by atoms with Crippen LogP contribution in [0.15, 0.2) is 71.9 Å². The SMILES string of the molecule is COc1ccc2c(c1OC)c(=O)n1c3ccc(O[C@H](C)C(=O)NCc4ccncc4)cc3c3ccnc2c31. The molecule has 190 valence electrons. The fourth-order valence-electron chi connectivity index (χ4n) is 4.96. The molecule has 0 aliphatic rings. The van der Waals surface area contributed by atoms with Gasteiger partial charge in [-0.25, -0.2) is 0 Å². The maximum atomic E-state index is 13.9. The van der Waals surface area contributed by atoms with Crippen molar-refractivity contribution in [2.75, 3.05) is 14.2 Å². The minimum atomic E-state index is -0.724. The lowest BCUT2D eigenvalue weighted by atomic mass is 10.1. The average Bonchev–Trinajstić information content (AvgIpc) is 3.29. The molecule has 9 nitrogen and oxygen atoms in total. The number of hydrogen-bond donors (Lipinski definition) is 1. The Labute approximate surface area is 216 Å². The standard InChI is InChI=1S/C29H24N4O5/c1-16(28(34)32-15-17-8-11-30-12-9-17)38-18-4-6-22-21(14-18)19-10-13-31-25-20-5-7-23(36-2)27(37-3)24(20)29(35)33(22)26(19)25/h4-14,16H,15H2,1-3H3,(H,32,34)/t16-/m1/s1. The van der Waals surface area contributed by atoms with Gasteiger partial charge in [0.1, 0.15) is 5.75 Å². The van der Waals surface area contributed by atoms with Crippen LogP contribution >= 0.6 is 0 Å². The fraction of sp³-hybridized carbons (Fsp3) is 0.172. The second-order valence-corrected chi connectivity index (χ2v) is 8.93. The number of pyridine rings is 3. The molecule has 0 aliphatic heterocycles. The molecule has 2 aromatic carbocycles. The van der Waals surface area contributed by atoms with Crippen molar-refractivity contribution in [3.63, 3.8) is 0 Å². The highest BCUT2D eigenvalue weighted by Crippen LogP contribution is 2.39. The van der Waals surface area contributed by atoms with Gasteiger partial charge in [-0.3, -0.25) is 24.0 Å². The first-order valence-corrected chi connectivity index (χ1v) is 12.1. The van der Waals surface area contributed by atoms with E-state index in [4.69, 9.17) is 14.2 Å². The smallest absolute Gasteiger partial charge is 0.267 e. The van der Waals surface area contributed by atoms with Crippen molar-refractivity contribution in [2.45, 2.75) is 19.6 Å². The van der Waals surface area contributed by atoms with Gasteiger partial charge in [0.05, 0.1) is 36.2 Å². The Hall–Kier alpha value is -4.92. The lowest BCUT2D eigenvalue weighted by Crippen LogP contribution is -2.35. The van der Waals surface area contributed by atoms with Crippen molar-refractivity contribution < 1.29 is 19.0 Å². The lowest BCUT2D eigenvalue weighted by Gasteiger charge is -2.15. The number of hydrogen-bond acceptors (Lipinski definition) is 7. The molecule has 9 heteroatoms. The van der Waals surface area contributed by atoms with E-state index in [9.17, 15) is 9.59 Å². The molecule has 0 saturated carbocycles. The molecular weight excluding hydrogens is 484 g/mol. The molecule has 6 rings (SSSR count). The fourth-order valence-corrected chi connectivity index (χ4v) is 4.96. The number of rotatable bonds is 7. The third-order valence-electron chi connectivity index (χ3n) is 6.76. The summed E-state index contributed by atoms with van der Waals surface area (Å²) >= 11 is 0. The molecule has 0 saturated heterocycles. The normalized spacial score (nSPS) is 12.3. The summed E-state index contributed by atoms with van der Waals surface area (Å²) in [6, 6.07) is 14.6. The zero-order chi connectivity index (χ0) is 26.4. The number of aromatic nitrogens is 3. The van der Waals surface area contributed by atoms with Crippen LogP contribution in [0.25, 0.3) is 38.1 Å². The number of nitrogens with one attached hydrogen (secondary N) is 1. The molecule has 1 N–H and O–H groups in total. The first-order chi connectivity index (χ1) is 18.5. The summed E-state index contributed by atoms with van der Waals surface area (Å²) in [5.74, 6) is 1.12. The molecule has 0 unspecified atom stereocenters. The molecule has 0 aliphatic carbocycles. The van der Waals surface area contributed by atoms with Gasteiger partial charge in [0.2, 0.25) is 0 Å². The van der Waals surface area contributed by atoms with E-state index < -0.39 is 6.10 Å². The molecule has 1 atom stereocenters. The van der Waals surface area contributed by atoms with Gasteiger partial charge in [0, 0.05) is 41.3 Å². The number of fused-ring (bicyclic) bond motifs is 5. The van der Waals surface area contributed by atoms with Crippen molar-refractivity contribution in [1.29, 1.82) is 0 Å². The molecule has 0 fully saturated rings. The number of nitrogens with zero attached hydrogens (tertiary/aromatic N) is 3. The van der Waals surface area contributed by atoms with Crippen molar-refractivity contribution in [2.24, 2.45) is 0 Å². The van der Waals surface area contributed by atoms with Gasteiger partial charge in [-0.2, -0.15) is 0 Å². The third kappa shape index (κ3) is 3.62. The van der Waals surface area contributed by atoms with Crippen molar-refractivity contribution >= 4 is 44.0 Å². The van der Waals surface area contributed by atoms with E-state index in [1.54, 1.807) is 42.0 Å². The first kappa shape index (κ1) is 23.5. The summed E-state index contributed by atoms with van der Waals surface area (Å²) in [6.45, 7) is 2.08. The number of amides is 1. The monoisotopic (exact) mass is 508 g/mol. The summed E-state index contributed by atoms with van der Waals surface area (Å²) in [5.41, 5.74) is 2.82. The van der Waals surface area contributed by atoms with E-state index in [1.807, 2.05) is 36.4 Å². The average molecular weight is 509 g/mol. The molecule has 0 bridgehead atoms. The van der Waals surface area contributed by atoms with Crippen LogP contribution in [-0.2, 0) is 11.3 Å². The van der Waals surface area contributed by atoms with Crippen LogP contribution in [0.2, 0.25) is 0 Å². The van der Waals surface area contributed by atoms with Gasteiger partial charge in [0.25, 0.3) is 11.5 Å². The Morgan fingerprint density at radius 2 is 1.79 bits per heavy atom. The predicted molar refractivity (Wildman–Crippen MR) is 144 cm³/mol. The maximum Gasteiger partial charge on any atom is 0.267 e. The Balaban J connectivity index is 1.43. The van der Waals surface area contributed by atoms with Gasteiger partial charge >= 0.3 is 0 Å². The number of carbonyl (C=O) groups excluding carboxylic acids is 1. The van der Waals surface area contributed by atoms with Crippen LogP contribution in [0, 0.1) is 0 Å². The molecule has 0 spiro atoms. The van der Waals surface area contributed by atoms with E-state index in [1.165, 1.54) is 14.2 Å². The minimum absolute atomic E-state index is 0.228. The van der Waals surface area contributed by atoms with Crippen molar-refractivity contribution in [3.05, 3.63) is 83.0 Å². The topological polar surface area (TPSA) is 104 Å². The zero-order valence-corrected chi connectivity index (χ0v) is 21.0. The van der Waals surface area contributed by atoms with Crippen LogP contribution in [0.1, 0.15) is 12.5 Å². The molecule has 38 heavy (non-hydrogen) atoms. The lowest BCUT2D eigenvalue weighted by molar-refractivity contribution is -0.127. The maximum absolute atomic E-state index is 13.9. The van der Waals surface area contributed by atoms with Gasteiger partial charge in [-0.1, -0.05) is 0 Å². The van der Waals surface area contributed by atoms with E-state index >= 15 is 0 Å². The Morgan fingerprint density at radius 3 is 2.55 bits per heavy atom. The number of ether oxygens (including phenoxy) is 3. The predicted octanol–water partition coefficient (Wildman–Crippen LogP) is 4.09. The summed E-state index contributed by atoms with van der Waals surface area (Å²) in [6.07, 6.45) is 4.36. The van der Waals surface area contributed by atoms with Crippen LogP contribution < -0.4 is 25.1 Å². The minimum Gasteiger partial charge on any atom is -0.493 e. The van der Waals surface area contributed by atoms with Crippen LogP contribution in [-0.4, -0.2) is 40.6 Å². The van der Waals surface area contributed by atoms with Crippen LogP contribution in [0.3, 0.4) is 0 Å². The highest BCUT2D eigenvalue weighted by molar-refractivity contribution is 6.19. The largest absolute Gasteiger partial charge is 0.493 e. The van der Waals surface area contributed by atoms with Crippen LogP contribution in [0.5, 0.6) is 17.2 Å². The van der Waals surface area contributed by atoms with E-state index in [0.29, 0.717) is 51.1 Å². The first-order valence-electron chi connectivity index (χ1n) is 12.1. The number of carbonyl (C=O) groups is 1. The Kier molecular flexibility index (Phi) is 5.68. The quantitative estimate of drug-likeness (QED) is 0.324. The number of methoxy groups -OCH3 is 2. The molecule has 0 radical (unpaired) electrons. The third-order valence-corrected chi connectivity index (χ3v) is 6.76. The summed E-state index contributed by atoms with van der Waals surface area (Å²) in [7, 11) is 3.05. The summed E-state index contributed by atoms with van der Waals surface area (Å²) in [5, 5.41) is 5.64.